The molecule has 3 rings (SSSR count). The number of amides is 1. The van der Waals surface area contributed by atoms with Gasteiger partial charge in [-0.2, -0.15) is 0 Å². The zero-order chi connectivity index (χ0) is 13.8. The molecule has 0 aliphatic carbocycles. The van der Waals surface area contributed by atoms with Crippen molar-refractivity contribution in [3.63, 3.8) is 0 Å². The van der Waals surface area contributed by atoms with E-state index in [9.17, 15) is 4.79 Å². The van der Waals surface area contributed by atoms with Crippen LogP contribution in [0.15, 0.2) is 0 Å². The second-order valence-electron chi connectivity index (χ2n) is 6.15. The number of rotatable bonds is 3. The molecule has 3 aliphatic heterocycles. The molecule has 3 aliphatic rings. The third-order valence-electron chi connectivity index (χ3n) is 4.74. The van der Waals surface area contributed by atoms with Crippen molar-refractivity contribution in [1.82, 2.24) is 9.80 Å². The highest BCUT2D eigenvalue weighted by Gasteiger charge is 2.29. The Hall–Kier alpha value is -0.650. The van der Waals surface area contributed by atoms with Gasteiger partial charge < -0.3 is 14.4 Å². The molecule has 1 unspecified atom stereocenters. The van der Waals surface area contributed by atoms with Crippen molar-refractivity contribution in [3.8, 4) is 0 Å². The summed E-state index contributed by atoms with van der Waals surface area (Å²) in [5.41, 5.74) is 0. The van der Waals surface area contributed by atoms with E-state index in [4.69, 9.17) is 9.47 Å². The molecule has 0 radical (unpaired) electrons. The van der Waals surface area contributed by atoms with Crippen LogP contribution < -0.4 is 0 Å². The van der Waals surface area contributed by atoms with E-state index in [0.717, 1.165) is 65.4 Å². The monoisotopic (exact) mass is 282 g/mol. The first-order chi connectivity index (χ1) is 9.83. The number of hydrogen-bond donors (Lipinski definition) is 0. The molecular formula is C15H26N2O3. The molecule has 5 heteroatoms. The SMILES string of the molecule is O=C(C1CCOCC1)N1CCN(CC2CCCO2)CC1. The fraction of sp³-hybridized carbons (Fsp3) is 0.933. The molecule has 0 N–H and O–H groups in total. The van der Waals surface area contributed by atoms with Crippen LogP contribution in [0.1, 0.15) is 25.7 Å². The second kappa shape index (κ2) is 6.87. The van der Waals surface area contributed by atoms with E-state index in [1.165, 1.54) is 12.8 Å². The first-order valence-corrected chi connectivity index (χ1v) is 8.03. The third kappa shape index (κ3) is 3.51. The Labute approximate surface area is 121 Å². The van der Waals surface area contributed by atoms with Crippen molar-refractivity contribution >= 4 is 5.91 Å². The minimum Gasteiger partial charge on any atom is -0.381 e. The molecule has 0 saturated carbocycles. The molecule has 1 atom stereocenters. The van der Waals surface area contributed by atoms with Crippen LogP contribution in [0.2, 0.25) is 0 Å². The van der Waals surface area contributed by atoms with Crippen LogP contribution in [-0.4, -0.2) is 74.4 Å². The van der Waals surface area contributed by atoms with Crippen LogP contribution in [0.5, 0.6) is 0 Å². The molecule has 0 aromatic carbocycles. The maximum atomic E-state index is 12.4. The standard InChI is InChI=1S/C15H26N2O3/c18-15(13-3-10-19-11-4-13)17-7-5-16(6-8-17)12-14-2-1-9-20-14/h13-14H,1-12H2. The van der Waals surface area contributed by atoms with E-state index in [0.29, 0.717) is 12.0 Å². The molecule has 0 aromatic heterocycles. The van der Waals surface area contributed by atoms with Gasteiger partial charge in [-0.1, -0.05) is 0 Å². The predicted octanol–water partition coefficient (Wildman–Crippen LogP) is 0.736. The zero-order valence-corrected chi connectivity index (χ0v) is 12.3. The second-order valence-corrected chi connectivity index (χ2v) is 6.15. The Morgan fingerprint density at radius 2 is 1.75 bits per heavy atom. The summed E-state index contributed by atoms with van der Waals surface area (Å²) in [5, 5.41) is 0. The first-order valence-electron chi connectivity index (χ1n) is 8.03. The summed E-state index contributed by atoms with van der Waals surface area (Å²) < 4.78 is 11.0. The number of carbonyl (C=O) groups excluding carboxylic acids is 1. The van der Waals surface area contributed by atoms with Crippen molar-refractivity contribution in [2.75, 3.05) is 52.5 Å². The van der Waals surface area contributed by atoms with Crippen LogP contribution in [0.3, 0.4) is 0 Å². The van der Waals surface area contributed by atoms with Gasteiger partial charge in [0.15, 0.2) is 0 Å². The Bertz CT molecular complexity index is 317. The smallest absolute Gasteiger partial charge is 0.225 e. The fourth-order valence-electron chi connectivity index (χ4n) is 3.43. The zero-order valence-electron chi connectivity index (χ0n) is 12.3. The molecule has 3 heterocycles. The van der Waals surface area contributed by atoms with Gasteiger partial charge in [0.2, 0.25) is 5.91 Å². The highest BCUT2D eigenvalue weighted by Crippen LogP contribution is 2.19. The lowest BCUT2D eigenvalue weighted by atomic mass is 9.98. The van der Waals surface area contributed by atoms with E-state index in [1.54, 1.807) is 0 Å². The average molecular weight is 282 g/mol. The molecule has 3 fully saturated rings. The van der Waals surface area contributed by atoms with Crippen LogP contribution >= 0.6 is 0 Å². The van der Waals surface area contributed by atoms with Crippen LogP contribution in [0, 0.1) is 5.92 Å². The number of hydrogen-bond acceptors (Lipinski definition) is 4. The van der Waals surface area contributed by atoms with Crippen LogP contribution in [0.4, 0.5) is 0 Å². The van der Waals surface area contributed by atoms with E-state index in [1.807, 2.05) is 0 Å². The number of carbonyl (C=O) groups is 1. The summed E-state index contributed by atoms with van der Waals surface area (Å²) in [6.45, 7) is 7.20. The predicted molar refractivity (Wildman–Crippen MR) is 75.5 cm³/mol. The summed E-state index contributed by atoms with van der Waals surface area (Å²) in [6.07, 6.45) is 4.62. The highest BCUT2D eigenvalue weighted by molar-refractivity contribution is 5.79. The van der Waals surface area contributed by atoms with Crippen molar-refractivity contribution in [3.05, 3.63) is 0 Å². The van der Waals surface area contributed by atoms with Crippen molar-refractivity contribution < 1.29 is 14.3 Å². The fourth-order valence-corrected chi connectivity index (χ4v) is 3.43. The Morgan fingerprint density at radius 1 is 1.00 bits per heavy atom. The maximum Gasteiger partial charge on any atom is 0.225 e. The molecule has 5 nitrogen and oxygen atoms in total. The number of ether oxygens (including phenoxy) is 2. The summed E-state index contributed by atoms with van der Waals surface area (Å²) in [4.78, 5) is 16.9. The quantitative estimate of drug-likeness (QED) is 0.765. The van der Waals surface area contributed by atoms with Gasteiger partial charge in [-0.3, -0.25) is 9.69 Å². The van der Waals surface area contributed by atoms with Crippen LogP contribution in [-0.2, 0) is 14.3 Å². The topological polar surface area (TPSA) is 42.0 Å². The van der Waals surface area contributed by atoms with Crippen molar-refractivity contribution in [2.24, 2.45) is 5.92 Å². The lowest BCUT2D eigenvalue weighted by Crippen LogP contribution is -2.52. The number of piperazine rings is 1. The summed E-state index contributed by atoms with van der Waals surface area (Å²) in [7, 11) is 0. The molecule has 0 aromatic rings. The normalized spacial score (nSPS) is 29.8. The molecule has 0 bridgehead atoms. The van der Waals surface area contributed by atoms with Gasteiger partial charge >= 0.3 is 0 Å². The number of nitrogens with zero attached hydrogens (tertiary/aromatic N) is 2. The molecule has 20 heavy (non-hydrogen) atoms. The van der Waals surface area contributed by atoms with Gasteiger partial charge in [0.25, 0.3) is 0 Å². The van der Waals surface area contributed by atoms with Gasteiger partial charge in [-0.15, -0.1) is 0 Å². The third-order valence-corrected chi connectivity index (χ3v) is 4.74. The Kier molecular flexibility index (Phi) is 4.91. The molecule has 3 saturated heterocycles. The van der Waals surface area contributed by atoms with E-state index in [2.05, 4.69) is 9.80 Å². The van der Waals surface area contributed by atoms with Gasteiger partial charge in [0.05, 0.1) is 6.10 Å². The van der Waals surface area contributed by atoms with Gasteiger partial charge in [-0.25, -0.2) is 0 Å². The first kappa shape index (κ1) is 14.3. The highest BCUT2D eigenvalue weighted by atomic mass is 16.5. The molecule has 0 spiro atoms. The Balaban J connectivity index is 1.41. The van der Waals surface area contributed by atoms with Gasteiger partial charge in [0, 0.05) is 58.5 Å². The van der Waals surface area contributed by atoms with E-state index in [-0.39, 0.29) is 5.92 Å². The lowest BCUT2D eigenvalue weighted by Gasteiger charge is -2.37. The van der Waals surface area contributed by atoms with Crippen molar-refractivity contribution in [1.29, 1.82) is 0 Å². The maximum absolute atomic E-state index is 12.4. The van der Waals surface area contributed by atoms with Gasteiger partial charge in [-0.05, 0) is 25.7 Å². The van der Waals surface area contributed by atoms with E-state index < -0.39 is 0 Å². The van der Waals surface area contributed by atoms with E-state index >= 15 is 0 Å². The Morgan fingerprint density at radius 3 is 2.40 bits per heavy atom. The average Bonchev–Trinajstić information content (AvgIpc) is 3.01. The lowest BCUT2D eigenvalue weighted by molar-refractivity contribution is -0.140. The van der Waals surface area contributed by atoms with Crippen LogP contribution in [0.25, 0.3) is 0 Å². The minimum atomic E-state index is 0.202. The minimum absolute atomic E-state index is 0.202. The van der Waals surface area contributed by atoms with Gasteiger partial charge in [0.1, 0.15) is 0 Å². The largest absolute Gasteiger partial charge is 0.381 e. The summed E-state index contributed by atoms with van der Waals surface area (Å²) in [5.74, 6) is 0.554. The van der Waals surface area contributed by atoms with Crippen molar-refractivity contribution in [2.45, 2.75) is 31.8 Å². The molecule has 1 amide bonds. The summed E-state index contributed by atoms with van der Waals surface area (Å²) in [6, 6.07) is 0. The molecule has 114 valence electrons. The molecular weight excluding hydrogens is 256 g/mol. The summed E-state index contributed by atoms with van der Waals surface area (Å²) >= 11 is 0.